The smallest absolute Gasteiger partial charge is 0.0992 e. The van der Waals surface area contributed by atoms with Gasteiger partial charge in [-0.3, -0.25) is 0 Å². The molecule has 15 atom stereocenters. The van der Waals surface area contributed by atoms with Crippen molar-refractivity contribution in [3.8, 4) is 0 Å². The summed E-state index contributed by atoms with van der Waals surface area (Å²) in [5.41, 5.74) is 19.4. The molecule has 0 radical (unpaired) electrons. The fraction of sp³-hybridized carbons (Fsp3) is 0.538. The second-order valence-electron chi connectivity index (χ2n) is 36.3. The van der Waals surface area contributed by atoms with Crippen LogP contribution in [0, 0.1) is 65.1 Å². The molecule has 10 heterocycles. The van der Waals surface area contributed by atoms with Gasteiger partial charge in [0.05, 0.1) is 127 Å². The number of rotatable bonds is 16. The molecule has 16 nitrogen and oxygen atoms in total. The molecule has 24 rings (SSSR count). The lowest BCUT2D eigenvalue weighted by Crippen LogP contribution is -2.26. The van der Waals surface area contributed by atoms with E-state index in [1.54, 1.807) is 0 Å². The second kappa shape index (κ2) is 29.4. The van der Waals surface area contributed by atoms with Gasteiger partial charge in [-0.25, -0.2) is 24.9 Å². The van der Waals surface area contributed by atoms with E-state index in [2.05, 4.69) is 142 Å². The minimum absolute atomic E-state index is 0.137. The topological polar surface area (TPSA) is 208 Å². The van der Waals surface area contributed by atoms with Gasteiger partial charge in [-0.05, 0) is 332 Å². The molecule has 0 amide bonds. The van der Waals surface area contributed by atoms with Crippen LogP contribution in [0.5, 0.6) is 0 Å². The summed E-state index contributed by atoms with van der Waals surface area (Å²) in [5.74, 6) is 10.3. The van der Waals surface area contributed by atoms with Gasteiger partial charge in [-0.2, -0.15) is 0 Å². The lowest BCUT2D eigenvalue weighted by Gasteiger charge is -2.33. The lowest BCUT2D eigenvalue weighted by molar-refractivity contribution is 0.0337. The third-order valence-corrected chi connectivity index (χ3v) is 29.1. The van der Waals surface area contributed by atoms with Gasteiger partial charge in [0.1, 0.15) is 0 Å². The van der Waals surface area contributed by atoms with Crippen molar-refractivity contribution < 1.29 is 30.6 Å². The van der Waals surface area contributed by atoms with E-state index in [9.17, 15) is 30.6 Å². The molecule has 0 saturated heterocycles. The van der Waals surface area contributed by atoms with Crippen molar-refractivity contribution in [1.82, 2.24) is 46.9 Å². The van der Waals surface area contributed by atoms with Crippen LogP contribution in [0.25, 0.3) is 27.6 Å². The van der Waals surface area contributed by atoms with Gasteiger partial charge in [0.15, 0.2) is 0 Å². The molecule has 15 unspecified atom stereocenters. The van der Waals surface area contributed by atoms with E-state index in [1.165, 1.54) is 173 Å². The third kappa shape index (κ3) is 14.2. The van der Waals surface area contributed by atoms with Crippen molar-refractivity contribution in [3.63, 3.8) is 0 Å². The maximum absolute atomic E-state index is 11.3. The Labute approximate surface area is 639 Å². The van der Waals surface area contributed by atoms with Crippen LogP contribution < -0.4 is 0 Å². The highest BCUT2D eigenvalue weighted by Crippen LogP contribution is 2.60. The fourth-order valence-electron chi connectivity index (χ4n) is 22.1. The zero-order valence-electron chi connectivity index (χ0n) is 63.1. The average Bonchev–Trinajstić information content (AvgIpc) is 1.61. The first-order valence-electron chi connectivity index (χ1n) is 42.5. The number of pyridine rings is 5. The molecule has 2 bridgehead atoms. The number of imidazole rings is 5. The first-order chi connectivity index (χ1) is 53.5. The zero-order valence-corrected chi connectivity index (χ0v) is 63.1. The molecule has 10 aromatic heterocycles. The number of nitrogens with zero attached hydrogens (tertiary/aromatic N) is 10. The molecule has 13 aliphatic rings. The van der Waals surface area contributed by atoms with Crippen molar-refractivity contribution in [3.05, 3.63) is 228 Å². The van der Waals surface area contributed by atoms with Crippen LogP contribution in [-0.2, 0) is 0 Å². The van der Waals surface area contributed by atoms with E-state index in [4.69, 9.17) is 0 Å². The molecular formula is C93H110N10O6. The van der Waals surface area contributed by atoms with E-state index >= 15 is 0 Å². The van der Waals surface area contributed by atoms with Gasteiger partial charge in [-0.15, -0.1) is 0 Å². The SMILES string of the molecule is OC(c1c(C2CC2)ccn2cncc12)C1C=CCCC1.OC(c1c(C2CC2)ccn2cncc12)C1CC2CC2C1.OC(c1c(C2CC2)ccn2cncc12)C1CCC(c2ccccc2)CC1.OC(c1c(C2CC2)ccn2cncc12)C1CCC2CC2C1.OC1CC2CC1CC2C(O)c1c(C2CC2)ccn2cncc12. The van der Waals surface area contributed by atoms with E-state index in [0.29, 0.717) is 71.0 Å². The highest BCUT2D eigenvalue weighted by Gasteiger charge is 2.51. The normalized spacial score (nSPS) is 29.9. The van der Waals surface area contributed by atoms with E-state index in [1.807, 2.05) is 71.4 Å². The van der Waals surface area contributed by atoms with Gasteiger partial charge in [0.2, 0.25) is 0 Å². The Morgan fingerprint density at radius 3 is 1.07 bits per heavy atom. The highest BCUT2D eigenvalue weighted by molar-refractivity contribution is 5.64. The third-order valence-electron chi connectivity index (χ3n) is 29.1. The van der Waals surface area contributed by atoms with Crippen LogP contribution in [0.3, 0.4) is 0 Å². The Kier molecular flexibility index (Phi) is 18.9. The summed E-state index contributed by atoms with van der Waals surface area (Å²) >= 11 is 0. The van der Waals surface area contributed by atoms with Crippen LogP contribution in [0.1, 0.15) is 301 Å². The molecule has 0 aliphatic heterocycles. The Balaban J connectivity index is 0.0000000898. The van der Waals surface area contributed by atoms with E-state index < -0.39 is 12.2 Å². The van der Waals surface area contributed by atoms with Crippen LogP contribution in [0.4, 0.5) is 0 Å². The van der Waals surface area contributed by atoms with Crippen molar-refractivity contribution >= 4 is 27.6 Å². The predicted molar refractivity (Wildman–Crippen MR) is 422 cm³/mol. The lowest BCUT2D eigenvalue weighted by atomic mass is 9.75. The minimum atomic E-state index is -0.418. The number of benzene rings is 1. The second-order valence-corrected chi connectivity index (χ2v) is 36.3. The Hall–Kier alpha value is -7.83. The van der Waals surface area contributed by atoms with Gasteiger partial charge in [0, 0.05) is 64.7 Å². The molecule has 109 heavy (non-hydrogen) atoms. The molecule has 1 aromatic carbocycles. The summed E-state index contributed by atoms with van der Waals surface area (Å²) in [6.45, 7) is 0. The van der Waals surface area contributed by atoms with Crippen molar-refractivity contribution in [2.24, 2.45) is 65.1 Å². The molecule has 568 valence electrons. The van der Waals surface area contributed by atoms with Gasteiger partial charge < -0.3 is 52.6 Å². The van der Waals surface area contributed by atoms with Crippen molar-refractivity contribution in [2.75, 3.05) is 0 Å². The number of aliphatic hydroxyl groups excluding tert-OH is 6. The molecule has 13 aliphatic carbocycles. The van der Waals surface area contributed by atoms with E-state index in [-0.39, 0.29) is 30.3 Å². The van der Waals surface area contributed by atoms with Crippen molar-refractivity contribution in [1.29, 1.82) is 0 Å². The van der Waals surface area contributed by atoms with Gasteiger partial charge in [0.25, 0.3) is 0 Å². The largest absolute Gasteiger partial charge is 0.393 e. The Morgan fingerprint density at radius 2 is 0.679 bits per heavy atom. The molecule has 16 heteroatoms. The summed E-state index contributed by atoms with van der Waals surface area (Å²) < 4.78 is 10.2. The summed E-state index contributed by atoms with van der Waals surface area (Å²) in [4.78, 5) is 21.4. The first-order valence-corrected chi connectivity index (χ1v) is 42.5. The van der Waals surface area contributed by atoms with Crippen molar-refractivity contribution in [2.45, 2.75) is 245 Å². The number of allylic oxidation sites excluding steroid dienone is 1. The summed E-state index contributed by atoms with van der Waals surface area (Å²) in [6, 6.07) is 21.8. The van der Waals surface area contributed by atoms with Crippen LogP contribution in [0.2, 0.25) is 0 Å². The molecule has 12 saturated carbocycles. The monoisotopic (exact) mass is 1460 g/mol. The minimum Gasteiger partial charge on any atom is -0.393 e. The molecule has 6 N–H and O–H groups in total. The summed E-state index contributed by atoms with van der Waals surface area (Å²) in [5, 5.41) is 65.5. The standard InChI is InChI=1S/C23H26N2O.C18H22N2O2.C18H22N2O.2C17H20N2O/c26-23(19-10-6-17(7-11-19)16-4-2-1-3-5-16)22-20(18-8-9-18)12-13-25-15-24-14-21(22)25;21-16-7-11-5-12(16)6-14(11)18(22)17-13(10-1-2-10)3-4-20-9-19-8-15(17)20;21-18(13-4-3-12-7-14(12)8-13)17-15(11-1-2-11)5-6-20-10-19-9-16(17)20;20-17(13-6-11-5-12(11)7-13)16-14(10-1-2-10)3-4-19-9-18-8-15(16)19;20-17(13-4-2-1-3-5-13)16-14(12-6-7-12)8-9-19-11-18-10-15(16)19/h1-5,12-15,17-19,23,26H,6-11H2;3-4,8-12,14,16,18,21-22H,1-2,5-7H2;5-6,9-14,18,21H,1-4,7-8H2;3-4,8-13,17,20H,1-2,5-7H2;2,4,8-13,17,20H,1,3,5-7H2. The Morgan fingerprint density at radius 1 is 0.312 bits per heavy atom. The number of fused-ring (bicyclic) bond motifs is 9. The molecule has 0 spiro atoms. The fourth-order valence-corrected chi connectivity index (χ4v) is 22.1. The van der Waals surface area contributed by atoms with E-state index in [0.717, 1.165) is 113 Å². The number of aromatic nitrogens is 10. The number of hydrogen-bond acceptors (Lipinski definition) is 11. The van der Waals surface area contributed by atoms with Crippen LogP contribution in [-0.4, -0.2) is 83.7 Å². The molecule has 11 aromatic rings. The summed E-state index contributed by atoms with van der Waals surface area (Å²) in [6.07, 6.45) is 64.1. The molecule has 12 fully saturated rings. The number of hydrogen-bond donors (Lipinski definition) is 6. The van der Waals surface area contributed by atoms with Gasteiger partial charge in [-0.1, -0.05) is 42.5 Å². The quantitative estimate of drug-likeness (QED) is 0.0502. The first kappa shape index (κ1) is 70.3. The maximum Gasteiger partial charge on any atom is 0.0992 e. The summed E-state index contributed by atoms with van der Waals surface area (Å²) in [7, 11) is 0. The predicted octanol–water partition coefficient (Wildman–Crippen LogP) is 18.4. The Bertz CT molecular complexity index is 5070. The number of aliphatic hydroxyl groups is 6. The zero-order chi connectivity index (χ0) is 73.1. The van der Waals surface area contributed by atoms with Crippen LogP contribution >= 0.6 is 0 Å². The maximum atomic E-state index is 11.3. The van der Waals surface area contributed by atoms with Crippen LogP contribution in [0.15, 0.2) is 166 Å². The van der Waals surface area contributed by atoms with Gasteiger partial charge >= 0.3 is 0 Å². The highest BCUT2D eigenvalue weighted by atomic mass is 16.3. The average molecular weight is 1460 g/mol. The molecular weight excluding hydrogens is 1350 g/mol.